The summed E-state index contributed by atoms with van der Waals surface area (Å²) >= 11 is 0. The van der Waals surface area contributed by atoms with E-state index in [4.69, 9.17) is 22.9 Å². The van der Waals surface area contributed by atoms with Crippen LogP contribution < -0.4 is 32.9 Å². The van der Waals surface area contributed by atoms with Crippen LogP contribution in [0.2, 0.25) is 0 Å². The van der Waals surface area contributed by atoms with Crippen molar-refractivity contribution in [3.05, 3.63) is 0 Å². The molecular formula is C8H24N6O2. The number of unbranched alkanes of at least 4 members (excludes halogenated alkanes) is 3. The Morgan fingerprint density at radius 3 is 1.19 bits per heavy atom. The van der Waals surface area contributed by atoms with E-state index in [1.807, 2.05) is 0 Å². The molecule has 0 atom stereocenters. The molecule has 0 saturated heterocycles. The number of nitrogens with one attached hydrogen (secondary N) is 2. The van der Waals surface area contributed by atoms with Crippen molar-refractivity contribution in [2.45, 2.75) is 25.7 Å². The van der Waals surface area contributed by atoms with Crippen molar-refractivity contribution in [1.29, 1.82) is 0 Å². The van der Waals surface area contributed by atoms with Crippen LogP contribution in [0.25, 0.3) is 0 Å². The first-order valence-electron chi connectivity index (χ1n) is 4.86. The van der Waals surface area contributed by atoms with Crippen LogP contribution in [0.3, 0.4) is 0 Å². The van der Waals surface area contributed by atoms with Gasteiger partial charge in [0, 0.05) is 0 Å². The van der Waals surface area contributed by atoms with Gasteiger partial charge in [0.25, 0.3) is 0 Å². The summed E-state index contributed by atoms with van der Waals surface area (Å²) in [6, 6.07) is 0. The van der Waals surface area contributed by atoms with Crippen molar-refractivity contribution in [2.75, 3.05) is 13.1 Å². The summed E-state index contributed by atoms with van der Waals surface area (Å²) in [5.74, 6) is 0.578. The van der Waals surface area contributed by atoms with Crippen LogP contribution in [0.1, 0.15) is 25.7 Å². The lowest BCUT2D eigenvalue weighted by Crippen LogP contribution is -2.78. The van der Waals surface area contributed by atoms with E-state index >= 15 is 0 Å². The fourth-order valence-electron chi connectivity index (χ4n) is 1.07. The summed E-state index contributed by atoms with van der Waals surface area (Å²) in [5.41, 5.74) is 20.9. The first kappa shape index (κ1) is 19.9. The molecule has 0 aliphatic carbocycles. The molecule has 12 N–H and O–H groups in total. The van der Waals surface area contributed by atoms with Crippen molar-refractivity contribution in [3.8, 4) is 0 Å². The van der Waals surface area contributed by atoms with Crippen LogP contribution in [0.5, 0.6) is 0 Å². The second kappa shape index (κ2) is 13.5. The number of guanidine groups is 2. The van der Waals surface area contributed by atoms with Gasteiger partial charge < -0.3 is 11.0 Å². The molecule has 0 amide bonds. The van der Waals surface area contributed by atoms with E-state index in [9.17, 15) is 0 Å². The highest BCUT2D eigenvalue weighted by molar-refractivity contribution is 5.69. The van der Waals surface area contributed by atoms with Crippen LogP contribution in [-0.2, 0) is 0 Å². The molecule has 8 heteroatoms. The minimum Gasteiger partial charge on any atom is -0.870 e. The van der Waals surface area contributed by atoms with E-state index in [1.165, 1.54) is 0 Å². The topological polar surface area (TPSA) is 192 Å². The molecule has 0 heterocycles. The van der Waals surface area contributed by atoms with Gasteiger partial charge in [-0.05, 0) is 12.8 Å². The number of rotatable bonds is 7. The first-order chi connectivity index (χ1) is 6.63. The minimum absolute atomic E-state index is 0. The third kappa shape index (κ3) is 18.3. The van der Waals surface area contributed by atoms with Gasteiger partial charge in [-0.2, -0.15) is 0 Å². The van der Waals surface area contributed by atoms with Crippen LogP contribution in [0.15, 0.2) is 0 Å². The molecule has 0 aromatic rings. The average molecular weight is 236 g/mol. The van der Waals surface area contributed by atoms with Gasteiger partial charge in [-0.1, -0.05) is 12.8 Å². The smallest absolute Gasteiger partial charge is 0.338 e. The van der Waals surface area contributed by atoms with Gasteiger partial charge in [0.2, 0.25) is 0 Å². The molecule has 8 nitrogen and oxygen atoms in total. The van der Waals surface area contributed by atoms with Crippen molar-refractivity contribution < 1.29 is 20.9 Å². The molecule has 0 unspecified atom stereocenters. The van der Waals surface area contributed by atoms with E-state index in [1.54, 1.807) is 0 Å². The molecule has 0 aliphatic rings. The molecule has 0 aliphatic heterocycles. The predicted molar refractivity (Wildman–Crippen MR) is 60.8 cm³/mol. The molecule has 0 aromatic carbocycles. The summed E-state index contributed by atoms with van der Waals surface area (Å²) < 4.78 is 0. The molecule has 0 spiro atoms. The van der Waals surface area contributed by atoms with Crippen molar-refractivity contribution in [3.63, 3.8) is 0 Å². The summed E-state index contributed by atoms with van der Waals surface area (Å²) in [4.78, 5) is 5.73. The molecule has 0 saturated carbocycles. The van der Waals surface area contributed by atoms with E-state index in [0.29, 0.717) is 0 Å². The maximum Gasteiger partial charge on any atom is 0.338 e. The quantitative estimate of drug-likeness (QED) is 0.145. The fraction of sp³-hybridized carbons (Fsp3) is 0.750. The van der Waals surface area contributed by atoms with Gasteiger partial charge >= 0.3 is 11.9 Å². The molecule has 0 radical (unpaired) electrons. The van der Waals surface area contributed by atoms with Gasteiger partial charge in [0.1, 0.15) is 0 Å². The second-order valence-corrected chi connectivity index (χ2v) is 3.18. The number of hydrogen-bond acceptors (Lipinski definition) is 2. The monoisotopic (exact) mass is 236 g/mol. The lowest BCUT2D eigenvalue weighted by molar-refractivity contribution is -0.462. The van der Waals surface area contributed by atoms with Crippen molar-refractivity contribution in [1.82, 2.24) is 0 Å². The van der Waals surface area contributed by atoms with Gasteiger partial charge in [-0.3, -0.25) is 32.9 Å². The van der Waals surface area contributed by atoms with Gasteiger partial charge in [-0.25, -0.2) is 0 Å². The second-order valence-electron chi connectivity index (χ2n) is 3.18. The zero-order valence-electron chi connectivity index (χ0n) is 9.45. The largest absolute Gasteiger partial charge is 0.870 e. The average Bonchev–Trinajstić information content (AvgIpc) is 2.08. The SMILES string of the molecule is NC(N)=[NH+]CCCCCC[NH+]=C(N)N.[OH-].[OH-]. The van der Waals surface area contributed by atoms with Crippen molar-refractivity contribution in [2.24, 2.45) is 22.9 Å². The summed E-state index contributed by atoms with van der Waals surface area (Å²) in [6.45, 7) is 1.67. The van der Waals surface area contributed by atoms with Crippen LogP contribution in [0.4, 0.5) is 0 Å². The Morgan fingerprint density at radius 1 is 0.625 bits per heavy atom. The molecule has 0 bridgehead atoms. The Bertz CT molecular complexity index is 177. The Hall–Kier alpha value is -1.54. The van der Waals surface area contributed by atoms with Crippen LogP contribution in [0, 0.1) is 0 Å². The molecule has 0 aromatic heterocycles. The van der Waals surface area contributed by atoms with Gasteiger partial charge in [-0.15, -0.1) is 0 Å². The zero-order valence-corrected chi connectivity index (χ0v) is 9.45. The molecule has 0 fully saturated rings. The Kier molecular flexibility index (Phi) is 16.8. The van der Waals surface area contributed by atoms with Crippen LogP contribution in [-0.4, -0.2) is 36.0 Å². The molecular weight excluding hydrogens is 212 g/mol. The zero-order chi connectivity index (χ0) is 10.8. The van der Waals surface area contributed by atoms with Crippen molar-refractivity contribution >= 4 is 11.9 Å². The number of hydrogen-bond donors (Lipinski definition) is 6. The first-order valence-corrected chi connectivity index (χ1v) is 4.86. The van der Waals surface area contributed by atoms with Gasteiger partial charge in [0.15, 0.2) is 0 Å². The highest BCUT2D eigenvalue weighted by Gasteiger charge is 1.91. The molecule has 16 heavy (non-hydrogen) atoms. The predicted octanol–water partition coefficient (Wildman–Crippen LogP) is -5.10. The summed E-state index contributed by atoms with van der Waals surface area (Å²) in [7, 11) is 0. The summed E-state index contributed by atoms with van der Waals surface area (Å²) in [6.07, 6.45) is 4.43. The Labute approximate surface area is 95.4 Å². The maximum atomic E-state index is 5.23. The highest BCUT2D eigenvalue weighted by atomic mass is 16.0. The Balaban J connectivity index is -0.000000845. The third-order valence-corrected chi connectivity index (χ3v) is 1.76. The molecule has 0 rings (SSSR count). The summed E-state index contributed by atoms with van der Waals surface area (Å²) in [5, 5.41) is 0. The van der Waals surface area contributed by atoms with E-state index in [2.05, 4.69) is 9.98 Å². The number of nitrogens with two attached hydrogens (primary N) is 4. The lowest BCUT2D eigenvalue weighted by Gasteiger charge is -1.96. The third-order valence-electron chi connectivity index (χ3n) is 1.76. The maximum absolute atomic E-state index is 5.23. The molecule has 98 valence electrons. The fourth-order valence-corrected chi connectivity index (χ4v) is 1.07. The minimum atomic E-state index is 0. The normalized spacial score (nSPS) is 8.25. The standard InChI is InChI=1S/C8H20N6.2H2O/c9-7(10)13-5-3-1-2-4-6-14-8(11)12;;/h1-6H2,(H4,9,10,13)(H4,11,12,14);2*1H2. The lowest BCUT2D eigenvalue weighted by atomic mass is 10.2. The van der Waals surface area contributed by atoms with E-state index in [0.717, 1.165) is 38.8 Å². The van der Waals surface area contributed by atoms with Gasteiger partial charge in [0.05, 0.1) is 13.1 Å². The highest BCUT2D eigenvalue weighted by Crippen LogP contribution is 1.94. The Morgan fingerprint density at radius 2 is 0.938 bits per heavy atom. The van der Waals surface area contributed by atoms with Crippen LogP contribution >= 0.6 is 0 Å². The van der Waals surface area contributed by atoms with E-state index < -0.39 is 0 Å². The van der Waals surface area contributed by atoms with E-state index in [-0.39, 0.29) is 22.9 Å².